The van der Waals surface area contributed by atoms with Gasteiger partial charge in [0.15, 0.2) is 11.6 Å². The molecule has 18 heavy (non-hydrogen) atoms. The van der Waals surface area contributed by atoms with E-state index in [1.807, 2.05) is 0 Å². The van der Waals surface area contributed by atoms with E-state index in [4.69, 9.17) is 0 Å². The van der Waals surface area contributed by atoms with Gasteiger partial charge in [-0.1, -0.05) is 0 Å². The van der Waals surface area contributed by atoms with Crippen LogP contribution in [0.5, 0.6) is 0 Å². The Balaban J connectivity index is 2.05. The van der Waals surface area contributed by atoms with Gasteiger partial charge in [0.05, 0.1) is 4.92 Å². The third-order valence-corrected chi connectivity index (χ3v) is 2.59. The highest BCUT2D eigenvalue weighted by atomic mass is 16.6. The normalized spacial score (nSPS) is 10.9. The number of hydrogen-bond donors (Lipinski definition) is 1. The average molecular weight is 244 g/mol. The highest BCUT2D eigenvalue weighted by Crippen LogP contribution is 2.19. The van der Waals surface area contributed by atoms with Crippen molar-refractivity contribution in [2.45, 2.75) is 6.92 Å². The van der Waals surface area contributed by atoms with Crippen LogP contribution < -0.4 is 0 Å². The minimum atomic E-state index is -0.438. The molecule has 0 saturated heterocycles. The fraction of sp³-hybridized carbons (Fsp3) is 0.100. The van der Waals surface area contributed by atoms with Crippen LogP contribution >= 0.6 is 0 Å². The van der Waals surface area contributed by atoms with E-state index in [1.54, 1.807) is 23.6 Å². The number of aryl methyl sites for hydroxylation is 1. The number of non-ortho nitro benzene ring substituents is 1. The van der Waals surface area contributed by atoms with Crippen molar-refractivity contribution in [2.24, 2.45) is 0 Å². The van der Waals surface area contributed by atoms with E-state index in [-0.39, 0.29) is 5.69 Å². The number of nitro benzene ring substituents is 1. The lowest BCUT2D eigenvalue weighted by atomic mass is 10.2. The van der Waals surface area contributed by atoms with Crippen molar-refractivity contribution in [3.63, 3.8) is 0 Å². The fourth-order valence-electron chi connectivity index (χ4n) is 1.66. The van der Waals surface area contributed by atoms with Crippen molar-refractivity contribution in [3.8, 4) is 11.4 Å². The first-order valence-corrected chi connectivity index (χ1v) is 5.18. The summed E-state index contributed by atoms with van der Waals surface area (Å²) in [6.45, 7) is 1.80. The van der Waals surface area contributed by atoms with Gasteiger partial charge in [0.2, 0.25) is 0 Å². The smallest absolute Gasteiger partial charge is 0.272 e. The third-order valence-electron chi connectivity index (χ3n) is 2.59. The molecule has 0 fully saturated rings. The summed E-state index contributed by atoms with van der Waals surface area (Å²) in [5.74, 6) is 1.77. The van der Waals surface area contributed by atoms with Gasteiger partial charge in [-0.15, -0.1) is 10.2 Å². The molecule has 0 saturated carbocycles. The second-order valence-corrected chi connectivity index (χ2v) is 3.76. The SMILES string of the molecule is Cc1nnc2nc(-c3ccc([N+](=O)[O-])cc3)[nH]n12. The van der Waals surface area contributed by atoms with Crippen molar-refractivity contribution in [3.05, 3.63) is 40.2 Å². The molecule has 1 aromatic carbocycles. The minimum absolute atomic E-state index is 0.0490. The zero-order chi connectivity index (χ0) is 12.7. The van der Waals surface area contributed by atoms with Crippen LogP contribution in [0.2, 0.25) is 0 Å². The summed E-state index contributed by atoms with van der Waals surface area (Å²) in [4.78, 5) is 14.4. The van der Waals surface area contributed by atoms with Gasteiger partial charge >= 0.3 is 0 Å². The molecule has 2 aromatic heterocycles. The largest absolute Gasteiger partial charge is 0.272 e. The zero-order valence-electron chi connectivity index (χ0n) is 9.36. The zero-order valence-corrected chi connectivity index (χ0v) is 9.36. The first kappa shape index (κ1) is 10.4. The topological polar surface area (TPSA) is 102 Å². The second kappa shape index (κ2) is 3.62. The summed E-state index contributed by atoms with van der Waals surface area (Å²) in [5.41, 5.74) is 0.804. The molecule has 0 aliphatic rings. The summed E-state index contributed by atoms with van der Waals surface area (Å²) < 4.78 is 1.65. The Bertz CT molecular complexity index is 726. The van der Waals surface area contributed by atoms with E-state index in [9.17, 15) is 10.1 Å². The molecule has 3 aromatic rings. The third kappa shape index (κ3) is 1.51. The van der Waals surface area contributed by atoms with Gasteiger partial charge in [-0.05, 0) is 19.1 Å². The van der Waals surface area contributed by atoms with Gasteiger partial charge in [0, 0.05) is 17.7 Å². The quantitative estimate of drug-likeness (QED) is 0.541. The standard InChI is InChI=1S/C10H8N6O2/c1-6-12-13-10-11-9(14-15(6)10)7-2-4-8(5-3-7)16(17)18/h2-5H,1H3,(H,11,13,14). The van der Waals surface area contributed by atoms with Crippen LogP contribution in [0.15, 0.2) is 24.3 Å². The molecule has 0 amide bonds. The number of nitro groups is 1. The number of H-pyrrole nitrogens is 1. The van der Waals surface area contributed by atoms with Gasteiger partial charge in [-0.25, -0.2) is 4.52 Å². The van der Waals surface area contributed by atoms with E-state index in [2.05, 4.69) is 20.3 Å². The summed E-state index contributed by atoms with van der Waals surface area (Å²) >= 11 is 0. The number of fused-ring (bicyclic) bond motifs is 1. The molecular formula is C10H8N6O2. The fourth-order valence-corrected chi connectivity index (χ4v) is 1.66. The van der Waals surface area contributed by atoms with Crippen molar-refractivity contribution < 1.29 is 4.92 Å². The highest BCUT2D eigenvalue weighted by molar-refractivity contribution is 5.58. The Morgan fingerprint density at radius 3 is 2.61 bits per heavy atom. The molecular weight excluding hydrogens is 236 g/mol. The van der Waals surface area contributed by atoms with Crippen molar-refractivity contribution in [1.29, 1.82) is 0 Å². The molecule has 0 radical (unpaired) electrons. The molecule has 8 heteroatoms. The Morgan fingerprint density at radius 1 is 1.28 bits per heavy atom. The molecule has 90 valence electrons. The summed E-state index contributed by atoms with van der Waals surface area (Å²) in [5, 5.41) is 21.3. The summed E-state index contributed by atoms with van der Waals surface area (Å²) in [6, 6.07) is 6.15. The van der Waals surface area contributed by atoms with E-state index in [0.717, 1.165) is 5.56 Å². The maximum absolute atomic E-state index is 10.6. The van der Waals surface area contributed by atoms with Crippen LogP contribution in [0.3, 0.4) is 0 Å². The van der Waals surface area contributed by atoms with Gasteiger partial charge in [0.25, 0.3) is 11.5 Å². The van der Waals surface area contributed by atoms with Crippen LogP contribution in [0.4, 0.5) is 5.69 Å². The average Bonchev–Trinajstić information content (AvgIpc) is 2.92. The van der Waals surface area contributed by atoms with Crippen LogP contribution in [-0.2, 0) is 0 Å². The Labute approximate surface area is 100 Å². The van der Waals surface area contributed by atoms with Crippen LogP contribution in [-0.4, -0.2) is 29.7 Å². The monoisotopic (exact) mass is 244 g/mol. The molecule has 0 atom stereocenters. The first-order valence-electron chi connectivity index (χ1n) is 5.18. The number of benzene rings is 1. The number of aromatic nitrogens is 5. The Hall–Kier alpha value is -2.77. The van der Waals surface area contributed by atoms with Gasteiger partial charge < -0.3 is 0 Å². The minimum Gasteiger partial charge on any atom is -0.272 e. The van der Waals surface area contributed by atoms with Crippen LogP contribution in [0.25, 0.3) is 17.2 Å². The summed E-state index contributed by atoms with van der Waals surface area (Å²) in [6.07, 6.45) is 0. The maximum Gasteiger partial charge on any atom is 0.272 e. The van der Waals surface area contributed by atoms with Gasteiger partial charge in [-0.3, -0.25) is 15.2 Å². The van der Waals surface area contributed by atoms with E-state index in [0.29, 0.717) is 17.4 Å². The van der Waals surface area contributed by atoms with Gasteiger partial charge in [-0.2, -0.15) is 4.98 Å². The second-order valence-electron chi connectivity index (χ2n) is 3.76. The van der Waals surface area contributed by atoms with E-state index >= 15 is 0 Å². The highest BCUT2D eigenvalue weighted by Gasteiger charge is 2.10. The molecule has 8 nitrogen and oxygen atoms in total. The van der Waals surface area contributed by atoms with Crippen molar-refractivity contribution >= 4 is 11.5 Å². The number of rotatable bonds is 2. The lowest BCUT2D eigenvalue weighted by Crippen LogP contribution is -1.90. The lowest BCUT2D eigenvalue weighted by Gasteiger charge is -1.95. The molecule has 0 bridgehead atoms. The van der Waals surface area contributed by atoms with E-state index in [1.165, 1.54) is 12.1 Å². The molecule has 2 heterocycles. The number of nitrogens with zero attached hydrogens (tertiary/aromatic N) is 5. The van der Waals surface area contributed by atoms with Crippen molar-refractivity contribution in [2.75, 3.05) is 0 Å². The first-order chi connectivity index (χ1) is 8.65. The molecule has 1 N–H and O–H groups in total. The molecule has 0 aliphatic heterocycles. The van der Waals surface area contributed by atoms with E-state index < -0.39 is 4.92 Å². The molecule has 0 unspecified atom stereocenters. The predicted molar refractivity (Wildman–Crippen MR) is 62.0 cm³/mol. The van der Waals surface area contributed by atoms with Crippen LogP contribution in [0.1, 0.15) is 5.82 Å². The van der Waals surface area contributed by atoms with Crippen molar-refractivity contribution in [1.82, 2.24) is 24.8 Å². The van der Waals surface area contributed by atoms with Gasteiger partial charge in [0.1, 0.15) is 0 Å². The summed E-state index contributed by atoms with van der Waals surface area (Å²) in [7, 11) is 0. The maximum atomic E-state index is 10.6. The number of nitrogens with one attached hydrogen (secondary N) is 1. The lowest BCUT2D eigenvalue weighted by molar-refractivity contribution is -0.384. The Morgan fingerprint density at radius 2 is 2.00 bits per heavy atom. The number of aromatic amines is 1. The predicted octanol–water partition coefficient (Wildman–Crippen LogP) is 1.34. The van der Waals surface area contributed by atoms with Crippen LogP contribution in [0, 0.1) is 17.0 Å². The Kier molecular flexibility index (Phi) is 2.09. The molecule has 0 aliphatic carbocycles. The number of hydrogen-bond acceptors (Lipinski definition) is 5. The molecule has 3 rings (SSSR count). The molecule has 0 spiro atoms.